The van der Waals surface area contributed by atoms with Crippen LogP contribution in [0.1, 0.15) is 49.3 Å². The molecule has 3 nitrogen and oxygen atoms in total. The van der Waals surface area contributed by atoms with Crippen LogP contribution in [0.25, 0.3) is 0 Å². The highest BCUT2D eigenvalue weighted by atomic mass is 16.5. The van der Waals surface area contributed by atoms with Gasteiger partial charge in [-0.3, -0.25) is 4.90 Å². The molecule has 0 spiro atoms. The molecule has 0 aromatic heterocycles. The predicted octanol–water partition coefficient (Wildman–Crippen LogP) is 6.35. The third-order valence-corrected chi connectivity index (χ3v) is 8.16. The van der Waals surface area contributed by atoms with Crippen LogP contribution in [0, 0.1) is 5.92 Å². The van der Waals surface area contributed by atoms with Gasteiger partial charge in [-0.25, -0.2) is 0 Å². The molecule has 2 atom stereocenters. The van der Waals surface area contributed by atoms with Crippen LogP contribution < -0.4 is 10.1 Å². The van der Waals surface area contributed by atoms with E-state index in [-0.39, 0.29) is 11.5 Å². The maximum absolute atomic E-state index is 5.79. The van der Waals surface area contributed by atoms with E-state index in [1.54, 1.807) is 7.11 Å². The summed E-state index contributed by atoms with van der Waals surface area (Å²) in [6.45, 7) is 7.05. The lowest BCUT2D eigenvalue weighted by molar-refractivity contribution is -0.0401. The number of fused-ring (bicyclic) bond motifs is 3. The van der Waals surface area contributed by atoms with Crippen molar-refractivity contribution in [3.8, 4) is 5.75 Å². The summed E-state index contributed by atoms with van der Waals surface area (Å²) in [6.07, 6.45) is 3.52. The van der Waals surface area contributed by atoms with Crippen molar-refractivity contribution in [1.82, 2.24) is 4.90 Å². The van der Waals surface area contributed by atoms with Crippen LogP contribution in [0.4, 0.5) is 5.69 Å². The first-order valence-electron chi connectivity index (χ1n) is 12.4. The molecule has 3 aliphatic heterocycles. The van der Waals surface area contributed by atoms with Crippen molar-refractivity contribution in [2.24, 2.45) is 5.92 Å². The SMILES string of the molecule is CCc1ccc(OC)c(N[C@H]2C3CCN(CC3)[C@@]2(C)C(c2ccccc2)c2ccccc2)c1. The van der Waals surface area contributed by atoms with Crippen LogP contribution in [0.3, 0.4) is 0 Å². The molecule has 3 aromatic rings. The van der Waals surface area contributed by atoms with Gasteiger partial charge >= 0.3 is 0 Å². The topological polar surface area (TPSA) is 24.5 Å². The van der Waals surface area contributed by atoms with Crippen LogP contribution >= 0.6 is 0 Å². The number of nitrogens with zero attached hydrogens (tertiary/aromatic N) is 1. The molecule has 0 amide bonds. The number of piperidine rings is 3. The molecular formula is C30H36N2O. The molecule has 3 fully saturated rings. The van der Waals surface area contributed by atoms with E-state index in [2.05, 4.69) is 103 Å². The van der Waals surface area contributed by atoms with Crippen molar-refractivity contribution in [1.29, 1.82) is 0 Å². The molecule has 33 heavy (non-hydrogen) atoms. The van der Waals surface area contributed by atoms with E-state index in [1.165, 1.54) is 42.6 Å². The lowest BCUT2D eigenvalue weighted by Crippen LogP contribution is -2.70. The van der Waals surface area contributed by atoms with E-state index < -0.39 is 0 Å². The number of hydrogen-bond acceptors (Lipinski definition) is 3. The van der Waals surface area contributed by atoms with E-state index >= 15 is 0 Å². The zero-order valence-electron chi connectivity index (χ0n) is 20.1. The van der Waals surface area contributed by atoms with E-state index in [0.29, 0.717) is 12.0 Å². The summed E-state index contributed by atoms with van der Waals surface area (Å²) in [5, 5.41) is 4.05. The lowest BCUT2D eigenvalue weighted by atomic mass is 9.62. The van der Waals surface area contributed by atoms with Crippen molar-refractivity contribution >= 4 is 5.69 Å². The van der Waals surface area contributed by atoms with Gasteiger partial charge in [0.2, 0.25) is 0 Å². The minimum atomic E-state index is -0.0584. The number of anilines is 1. The molecule has 1 N–H and O–H groups in total. The Labute approximate surface area is 198 Å². The van der Waals surface area contributed by atoms with Crippen LogP contribution in [0.2, 0.25) is 0 Å². The highest BCUT2D eigenvalue weighted by molar-refractivity contribution is 5.60. The summed E-state index contributed by atoms with van der Waals surface area (Å²) >= 11 is 0. The Balaban J connectivity index is 1.63. The van der Waals surface area contributed by atoms with Gasteiger partial charge in [0, 0.05) is 17.5 Å². The summed E-state index contributed by atoms with van der Waals surface area (Å²) in [5.41, 5.74) is 5.18. The third-order valence-electron chi connectivity index (χ3n) is 8.16. The van der Waals surface area contributed by atoms with Crippen molar-refractivity contribution in [3.63, 3.8) is 0 Å². The smallest absolute Gasteiger partial charge is 0.141 e. The predicted molar refractivity (Wildman–Crippen MR) is 137 cm³/mol. The minimum Gasteiger partial charge on any atom is -0.495 e. The molecule has 0 aliphatic carbocycles. The molecular weight excluding hydrogens is 404 g/mol. The molecule has 0 saturated carbocycles. The maximum atomic E-state index is 5.79. The van der Waals surface area contributed by atoms with E-state index in [4.69, 9.17) is 4.74 Å². The molecule has 6 rings (SSSR count). The highest BCUT2D eigenvalue weighted by Crippen LogP contribution is 2.50. The van der Waals surface area contributed by atoms with Gasteiger partial charge in [0.25, 0.3) is 0 Å². The van der Waals surface area contributed by atoms with Crippen LogP contribution in [-0.4, -0.2) is 36.7 Å². The average molecular weight is 441 g/mol. The first kappa shape index (κ1) is 22.0. The second-order valence-electron chi connectivity index (χ2n) is 9.81. The van der Waals surface area contributed by atoms with Gasteiger partial charge in [0.15, 0.2) is 0 Å². The molecule has 3 heterocycles. The monoisotopic (exact) mass is 440 g/mol. The Morgan fingerprint density at radius 3 is 2.09 bits per heavy atom. The quantitative estimate of drug-likeness (QED) is 0.463. The minimum absolute atomic E-state index is 0.0584. The van der Waals surface area contributed by atoms with Gasteiger partial charge in [0.05, 0.1) is 12.8 Å². The molecule has 3 heteroatoms. The molecule has 2 bridgehead atoms. The third kappa shape index (κ3) is 3.93. The van der Waals surface area contributed by atoms with Crippen LogP contribution in [-0.2, 0) is 6.42 Å². The average Bonchev–Trinajstić information content (AvgIpc) is 2.88. The van der Waals surface area contributed by atoms with Gasteiger partial charge in [-0.15, -0.1) is 0 Å². The Bertz CT molecular complexity index is 1020. The number of aryl methyl sites for hydroxylation is 1. The fourth-order valence-corrected chi connectivity index (χ4v) is 6.43. The van der Waals surface area contributed by atoms with E-state index in [0.717, 1.165) is 17.9 Å². The number of benzene rings is 3. The summed E-state index contributed by atoms with van der Waals surface area (Å²) < 4.78 is 5.79. The van der Waals surface area contributed by atoms with Gasteiger partial charge < -0.3 is 10.1 Å². The van der Waals surface area contributed by atoms with Crippen molar-refractivity contribution < 1.29 is 4.74 Å². The Kier molecular flexibility index (Phi) is 6.16. The Hall–Kier alpha value is -2.78. The van der Waals surface area contributed by atoms with Gasteiger partial charge in [-0.1, -0.05) is 73.7 Å². The number of rotatable bonds is 7. The van der Waals surface area contributed by atoms with Crippen LogP contribution in [0.5, 0.6) is 5.75 Å². The fraction of sp³-hybridized carbons (Fsp3) is 0.400. The molecule has 172 valence electrons. The Morgan fingerprint density at radius 1 is 0.939 bits per heavy atom. The number of nitrogens with one attached hydrogen (secondary N) is 1. The van der Waals surface area contributed by atoms with Crippen molar-refractivity contribution in [2.75, 3.05) is 25.5 Å². The van der Waals surface area contributed by atoms with Gasteiger partial charge in [-0.2, -0.15) is 0 Å². The largest absolute Gasteiger partial charge is 0.495 e. The summed E-state index contributed by atoms with van der Waals surface area (Å²) in [6, 6.07) is 29.1. The maximum Gasteiger partial charge on any atom is 0.141 e. The molecule has 0 radical (unpaired) electrons. The Morgan fingerprint density at radius 2 is 1.55 bits per heavy atom. The second kappa shape index (κ2) is 9.23. The van der Waals surface area contributed by atoms with Crippen molar-refractivity contribution in [2.45, 2.75) is 50.6 Å². The second-order valence-corrected chi connectivity index (χ2v) is 9.81. The first-order chi connectivity index (χ1) is 16.1. The molecule has 0 unspecified atom stereocenters. The molecule has 3 aliphatic rings. The fourth-order valence-electron chi connectivity index (χ4n) is 6.43. The molecule has 3 aromatic carbocycles. The lowest BCUT2D eigenvalue weighted by Gasteiger charge is -2.61. The van der Waals surface area contributed by atoms with E-state index in [1.807, 2.05) is 0 Å². The van der Waals surface area contributed by atoms with E-state index in [9.17, 15) is 0 Å². The van der Waals surface area contributed by atoms with Gasteiger partial charge in [0.1, 0.15) is 5.75 Å². The number of methoxy groups -OCH3 is 1. The summed E-state index contributed by atoms with van der Waals surface area (Å²) in [5.74, 6) is 1.85. The number of ether oxygens (including phenoxy) is 1. The zero-order valence-corrected chi connectivity index (χ0v) is 20.1. The van der Waals surface area contributed by atoms with Crippen molar-refractivity contribution in [3.05, 3.63) is 95.6 Å². The van der Waals surface area contributed by atoms with Crippen LogP contribution in [0.15, 0.2) is 78.9 Å². The molecule has 3 saturated heterocycles. The highest BCUT2D eigenvalue weighted by Gasteiger charge is 2.55. The van der Waals surface area contributed by atoms with Gasteiger partial charge in [-0.05, 0) is 74.0 Å². The number of hydrogen-bond donors (Lipinski definition) is 1. The summed E-state index contributed by atoms with van der Waals surface area (Å²) in [4.78, 5) is 2.76. The first-order valence-corrected chi connectivity index (χ1v) is 12.4. The zero-order chi connectivity index (χ0) is 22.8. The standard InChI is InChI=1S/C30H36N2O/c1-4-22-15-16-27(33-3)26(21-22)31-29-25-17-19-32(20-18-25)30(29,2)28(23-11-7-5-8-12-23)24-13-9-6-10-14-24/h5-16,21,25,28-29,31H,4,17-20H2,1-3H3/t29-,30-/m0/s1. The summed E-state index contributed by atoms with van der Waals surface area (Å²) in [7, 11) is 1.78. The normalized spacial score (nSPS) is 26.4.